The topological polar surface area (TPSA) is 73.1 Å². The zero-order valence-corrected chi connectivity index (χ0v) is 12.1. The van der Waals surface area contributed by atoms with Crippen molar-refractivity contribution in [2.45, 2.75) is 50.2 Å². The first-order chi connectivity index (χ1) is 10.4. The predicted molar refractivity (Wildman–Crippen MR) is 75.5 cm³/mol. The van der Waals surface area contributed by atoms with E-state index < -0.39 is 29.2 Å². The van der Waals surface area contributed by atoms with Crippen LogP contribution in [0.4, 0.5) is 8.78 Å². The second-order valence-corrected chi connectivity index (χ2v) is 5.76. The first-order valence-corrected chi connectivity index (χ1v) is 7.30. The Morgan fingerprint density at radius 3 is 2.64 bits per heavy atom. The van der Waals surface area contributed by atoms with E-state index in [2.05, 4.69) is 5.32 Å². The molecule has 22 heavy (non-hydrogen) atoms. The van der Waals surface area contributed by atoms with Gasteiger partial charge < -0.3 is 10.4 Å². The van der Waals surface area contributed by atoms with E-state index in [1.165, 1.54) is 0 Å². The minimum atomic E-state index is -1.21. The monoisotopic (exact) mass is 308 g/mol. The molecule has 0 saturated heterocycles. The molecule has 1 saturated carbocycles. The Labute approximate surface area is 127 Å². The molecule has 0 radical (unpaired) electrons. The summed E-state index contributed by atoms with van der Waals surface area (Å²) in [6, 6.07) is 3.41. The lowest BCUT2D eigenvalue weighted by Crippen LogP contribution is -2.39. The molecule has 0 heterocycles. The van der Waals surface area contributed by atoms with Crippen LogP contribution in [-0.2, 0) is 4.79 Å². The Bertz CT molecular complexity index is 592. The van der Waals surface area contributed by atoms with Gasteiger partial charge in [-0.15, -0.1) is 0 Å². The van der Waals surface area contributed by atoms with E-state index in [1.807, 2.05) is 0 Å². The van der Waals surface area contributed by atoms with Crippen LogP contribution in [0.25, 0.3) is 0 Å². The highest BCUT2D eigenvalue weighted by atomic mass is 19.1. The van der Waals surface area contributed by atoms with Gasteiger partial charge in [-0.25, -0.2) is 8.78 Å². The number of hydrogen-bond acceptors (Lipinski definition) is 3. The SMILES string of the molecule is N#C[C@@H](NC(=O)CC1(O)CCCCC1)c1ccc(F)cc1F. The molecular weight excluding hydrogens is 290 g/mol. The molecule has 6 heteroatoms. The van der Waals surface area contributed by atoms with Gasteiger partial charge in [0.05, 0.1) is 18.1 Å². The van der Waals surface area contributed by atoms with Crippen molar-refractivity contribution < 1.29 is 18.7 Å². The Morgan fingerprint density at radius 2 is 2.05 bits per heavy atom. The van der Waals surface area contributed by atoms with E-state index in [0.717, 1.165) is 31.4 Å². The number of nitrogens with one attached hydrogen (secondary N) is 1. The highest BCUT2D eigenvalue weighted by Gasteiger charge is 2.32. The van der Waals surface area contributed by atoms with Gasteiger partial charge in [0, 0.05) is 11.6 Å². The molecule has 4 nitrogen and oxygen atoms in total. The summed E-state index contributed by atoms with van der Waals surface area (Å²) < 4.78 is 26.6. The summed E-state index contributed by atoms with van der Waals surface area (Å²) in [5.41, 5.74) is -1.14. The van der Waals surface area contributed by atoms with Gasteiger partial charge in [0.15, 0.2) is 0 Å². The van der Waals surface area contributed by atoms with E-state index in [0.29, 0.717) is 18.9 Å². The highest BCUT2D eigenvalue weighted by molar-refractivity contribution is 5.78. The predicted octanol–water partition coefficient (Wildman–Crippen LogP) is 2.73. The maximum atomic E-state index is 13.7. The summed E-state index contributed by atoms with van der Waals surface area (Å²) in [5, 5.41) is 21.8. The fourth-order valence-corrected chi connectivity index (χ4v) is 2.81. The van der Waals surface area contributed by atoms with Crippen molar-refractivity contribution in [2.75, 3.05) is 0 Å². The molecule has 2 rings (SSSR count). The van der Waals surface area contributed by atoms with Gasteiger partial charge in [-0.3, -0.25) is 4.79 Å². The first kappa shape index (κ1) is 16.4. The van der Waals surface area contributed by atoms with Crippen molar-refractivity contribution >= 4 is 5.91 Å². The molecular formula is C16H18F2N2O2. The van der Waals surface area contributed by atoms with Crippen LogP contribution >= 0.6 is 0 Å². The average Bonchev–Trinajstić information content (AvgIpc) is 2.45. The van der Waals surface area contributed by atoms with E-state index in [-0.39, 0.29) is 12.0 Å². The van der Waals surface area contributed by atoms with Gasteiger partial charge in [-0.1, -0.05) is 25.3 Å². The van der Waals surface area contributed by atoms with E-state index >= 15 is 0 Å². The lowest BCUT2D eigenvalue weighted by atomic mass is 9.82. The van der Waals surface area contributed by atoms with E-state index in [4.69, 9.17) is 5.26 Å². The standard InChI is InChI=1S/C16H18F2N2O2/c17-11-4-5-12(13(18)8-11)14(10-19)20-15(21)9-16(22)6-2-1-3-7-16/h4-5,8,14,22H,1-3,6-7,9H2,(H,20,21)/t14-/m1/s1. The quantitative estimate of drug-likeness (QED) is 0.898. The molecule has 1 aliphatic rings. The number of halogens is 2. The Morgan fingerprint density at radius 1 is 1.36 bits per heavy atom. The first-order valence-electron chi connectivity index (χ1n) is 7.30. The summed E-state index contributed by atoms with van der Waals surface area (Å²) in [5.74, 6) is -2.15. The van der Waals surface area contributed by atoms with Crippen molar-refractivity contribution in [3.63, 3.8) is 0 Å². The van der Waals surface area contributed by atoms with Crippen LogP contribution in [0.1, 0.15) is 50.1 Å². The zero-order chi connectivity index (χ0) is 16.2. The molecule has 1 aromatic carbocycles. The molecule has 0 aliphatic heterocycles. The Kier molecular flexibility index (Phi) is 5.09. The lowest BCUT2D eigenvalue weighted by molar-refractivity contribution is -0.127. The smallest absolute Gasteiger partial charge is 0.224 e. The number of rotatable bonds is 4. The Balaban J connectivity index is 2.03. The lowest BCUT2D eigenvalue weighted by Gasteiger charge is -2.31. The minimum Gasteiger partial charge on any atom is -0.389 e. The number of carbonyl (C=O) groups excluding carboxylic acids is 1. The maximum Gasteiger partial charge on any atom is 0.224 e. The number of nitriles is 1. The number of benzene rings is 1. The summed E-state index contributed by atoms with van der Waals surface area (Å²) in [6.45, 7) is 0. The number of hydrogen-bond donors (Lipinski definition) is 2. The maximum absolute atomic E-state index is 13.7. The van der Waals surface area contributed by atoms with Crippen LogP contribution in [0.2, 0.25) is 0 Å². The Hall–Kier alpha value is -2.00. The van der Waals surface area contributed by atoms with Crippen LogP contribution in [0.5, 0.6) is 0 Å². The van der Waals surface area contributed by atoms with E-state index in [9.17, 15) is 18.7 Å². The minimum absolute atomic E-state index is 0.0899. The van der Waals surface area contributed by atoms with Crippen LogP contribution in [0, 0.1) is 23.0 Å². The summed E-state index contributed by atoms with van der Waals surface area (Å²) in [4.78, 5) is 12.0. The molecule has 1 aliphatic carbocycles. The third-order valence-corrected chi connectivity index (χ3v) is 3.98. The highest BCUT2D eigenvalue weighted by Crippen LogP contribution is 2.31. The van der Waals surface area contributed by atoms with Gasteiger partial charge >= 0.3 is 0 Å². The molecule has 1 atom stereocenters. The van der Waals surface area contributed by atoms with Crippen LogP contribution in [-0.4, -0.2) is 16.6 Å². The normalized spacial score (nSPS) is 18.3. The molecule has 0 spiro atoms. The fourth-order valence-electron chi connectivity index (χ4n) is 2.81. The second-order valence-electron chi connectivity index (χ2n) is 5.76. The van der Waals surface area contributed by atoms with Gasteiger partial charge in [0.25, 0.3) is 0 Å². The van der Waals surface area contributed by atoms with Crippen LogP contribution in [0.3, 0.4) is 0 Å². The van der Waals surface area contributed by atoms with Crippen LogP contribution < -0.4 is 5.32 Å². The summed E-state index contributed by atoms with van der Waals surface area (Å²) in [7, 11) is 0. The molecule has 1 aromatic rings. The van der Waals surface area contributed by atoms with Crippen molar-refractivity contribution in [1.82, 2.24) is 5.32 Å². The molecule has 0 bridgehead atoms. The third kappa shape index (κ3) is 4.01. The fraction of sp³-hybridized carbons (Fsp3) is 0.500. The second kappa shape index (κ2) is 6.84. The summed E-state index contributed by atoms with van der Waals surface area (Å²) in [6.07, 6.45) is 3.72. The summed E-state index contributed by atoms with van der Waals surface area (Å²) >= 11 is 0. The molecule has 0 unspecified atom stereocenters. The third-order valence-electron chi connectivity index (χ3n) is 3.98. The van der Waals surface area contributed by atoms with Gasteiger partial charge in [0.2, 0.25) is 5.91 Å². The van der Waals surface area contributed by atoms with Crippen molar-refractivity contribution in [2.24, 2.45) is 0 Å². The van der Waals surface area contributed by atoms with Crippen molar-refractivity contribution in [3.05, 3.63) is 35.4 Å². The largest absolute Gasteiger partial charge is 0.389 e. The zero-order valence-electron chi connectivity index (χ0n) is 12.1. The number of amides is 1. The van der Waals surface area contributed by atoms with Crippen LogP contribution in [0.15, 0.2) is 18.2 Å². The number of carbonyl (C=O) groups is 1. The average molecular weight is 308 g/mol. The number of nitrogens with zero attached hydrogens (tertiary/aromatic N) is 1. The van der Waals surface area contributed by atoms with Crippen molar-refractivity contribution in [3.8, 4) is 6.07 Å². The van der Waals surface area contributed by atoms with Gasteiger partial charge in [-0.05, 0) is 18.9 Å². The molecule has 1 amide bonds. The van der Waals surface area contributed by atoms with Gasteiger partial charge in [0.1, 0.15) is 17.7 Å². The van der Waals surface area contributed by atoms with Gasteiger partial charge in [-0.2, -0.15) is 5.26 Å². The van der Waals surface area contributed by atoms with E-state index in [1.54, 1.807) is 6.07 Å². The molecule has 118 valence electrons. The molecule has 1 fully saturated rings. The molecule has 2 N–H and O–H groups in total. The number of aliphatic hydroxyl groups is 1. The van der Waals surface area contributed by atoms with Crippen molar-refractivity contribution in [1.29, 1.82) is 5.26 Å². The molecule has 0 aromatic heterocycles.